The number of alkyl halides is 3. The quantitative estimate of drug-likeness (QED) is 0.145. The lowest BCUT2D eigenvalue weighted by atomic mass is 9.96. The van der Waals surface area contributed by atoms with Crippen molar-refractivity contribution >= 4 is 31.6 Å². The number of hydrogen-bond acceptors (Lipinski definition) is 9. The average Bonchev–Trinajstić information content (AvgIpc) is 3.06. The number of fused-ring (bicyclic) bond motifs is 1. The highest BCUT2D eigenvalue weighted by atomic mass is 35.5. The van der Waals surface area contributed by atoms with Crippen molar-refractivity contribution in [2.24, 2.45) is 0 Å². The molecule has 0 unspecified atom stereocenters. The summed E-state index contributed by atoms with van der Waals surface area (Å²) in [7, 11) is -8.20. The lowest BCUT2D eigenvalue weighted by Crippen LogP contribution is -2.25. The molecule has 50 heavy (non-hydrogen) atoms. The Kier molecular flexibility index (Phi) is 11.2. The monoisotopic (exact) mass is 755 g/mol. The molecule has 1 N–H and O–H groups in total. The fraction of sp³-hybridized carbons (Fsp3) is 0.294. The fourth-order valence-corrected chi connectivity index (χ4v) is 6.82. The summed E-state index contributed by atoms with van der Waals surface area (Å²) in [4.78, 5) is 0.668. The van der Waals surface area contributed by atoms with Crippen LogP contribution in [0.25, 0.3) is 11.1 Å². The molecule has 5 rings (SSSR count). The van der Waals surface area contributed by atoms with Crippen LogP contribution in [0, 0.1) is 6.92 Å². The van der Waals surface area contributed by atoms with Gasteiger partial charge < -0.3 is 23.8 Å². The van der Waals surface area contributed by atoms with E-state index in [1.54, 1.807) is 18.0 Å². The highest BCUT2D eigenvalue weighted by Crippen LogP contribution is 2.38. The topological polar surface area (TPSA) is 129 Å². The summed E-state index contributed by atoms with van der Waals surface area (Å²) in [5, 5.41) is 0.203. The summed E-state index contributed by atoms with van der Waals surface area (Å²) < 4.78 is 119. The van der Waals surface area contributed by atoms with Gasteiger partial charge in [-0.25, -0.2) is 8.42 Å². The normalized spacial score (nSPS) is 13.4. The first-order valence-corrected chi connectivity index (χ1v) is 18.6. The molecule has 1 aliphatic rings. The van der Waals surface area contributed by atoms with E-state index >= 15 is 0 Å². The van der Waals surface area contributed by atoms with E-state index in [0.29, 0.717) is 30.3 Å². The SMILES string of the molecule is Cc1c(COc2cc(OCc3cccc(S(=O)(=O)C(F)(F)F)c3)c(CN(C)CCS(=O)(=O)O)cc2Cl)cccc1-c1ccc2c(c1)OCCO2. The van der Waals surface area contributed by atoms with Gasteiger partial charge in [0.05, 0.1) is 15.7 Å². The summed E-state index contributed by atoms with van der Waals surface area (Å²) in [5.74, 6) is 1.24. The van der Waals surface area contributed by atoms with Crippen molar-refractivity contribution in [1.29, 1.82) is 0 Å². The zero-order chi connectivity index (χ0) is 36.3. The van der Waals surface area contributed by atoms with Crippen LogP contribution in [0.5, 0.6) is 23.0 Å². The highest BCUT2D eigenvalue weighted by molar-refractivity contribution is 7.92. The number of rotatable bonds is 13. The van der Waals surface area contributed by atoms with Gasteiger partial charge in [-0.2, -0.15) is 21.6 Å². The standard InChI is InChI=1S/C34H33ClF3NO9S2/c1-22-25(6-4-8-28(22)24-9-10-30-33(17-24)46-13-12-45-30)21-48-32-18-31(26(16-29(32)35)19-39(2)11-14-49(40,41)42)47-20-23-5-3-7-27(15-23)50(43,44)34(36,37)38/h3-10,15-18H,11-14,19-21H2,1-2H3,(H,40,41,42). The summed E-state index contributed by atoms with van der Waals surface area (Å²) >= 11 is 6.63. The molecule has 0 saturated heterocycles. The van der Waals surface area contributed by atoms with E-state index in [1.165, 1.54) is 18.2 Å². The van der Waals surface area contributed by atoms with Crippen LogP contribution in [0.3, 0.4) is 0 Å². The van der Waals surface area contributed by atoms with Crippen molar-refractivity contribution in [1.82, 2.24) is 4.90 Å². The smallest absolute Gasteiger partial charge is 0.488 e. The van der Waals surface area contributed by atoms with Gasteiger partial charge in [-0.1, -0.05) is 48.0 Å². The Bertz CT molecular complexity index is 2090. The Balaban J connectivity index is 1.40. The first-order chi connectivity index (χ1) is 23.5. The maximum absolute atomic E-state index is 13.2. The van der Waals surface area contributed by atoms with E-state index in [4.69, 9.17) is 35.1 Å². The molecule has 4 aromatic carbocycles. The second-order valence-electron chi connectivity index (χ2n) is 11.5. The minimum atomic E-state index is -5.58. The lowest BCUT2D eigenvalue weighted by molar-refractivity contribution is -0.0436. The first-order valence-electron chi connectivity index (χ1n) is 15.1. The third-order valence-electron chi connectivity index (χ3n) is 7.88. The fourth-order valence-electron chi connectivity index (χ4n) is 5.20. The molecule has 4 aromatic rings. The molecular formula is C34H33ClF3NO9S2. The van der Waals surface area contributed by atoms with E-state index in [1.807, 2.05) is 43.3 Å². The minimum absolute atomic E-state index is 0.0372. The van der Waals surface area contributed by atoms with Crippen molar-refractivity contribution in [2.45, 2.75) is 37.1 Å². The molecule has 0 radical (unpaired) electrons. The van der Waals surface area contributed by atoms with Crippen LogP contribution in [0.2, 0.25) is 5.02 Å². The van der Waals surface area contributed by atoms with Crippen LogP contribution < -0.4 is 18.9 Å². The maximum Gasteiger partial charge on any atom is 0.501 e. The van der Waals surface area contributed by atoms with Gasteiger partial charge >= 0.3 is 5.51 Å². The van der Waals surface area contributed by atoms with Crippen LogP contribution in [-0.2, 0) is 39.7 Å². The Hall–Kier alpha value is -4.02. The minimum Gasteiger partial charge on any atom is -0.488 e. The van der Waals surface area contributed by atoms with Gasteiger partial charge in [0, 0.05) is 24.7 Å². The van der Waals surface area contributed by atoms with Crippen LogP contribution >= 0.6 is 11.6 Å². The predicted octanol–water partition coefficient (Wildman–Crippen LogP) is 6.86. The van der Waals surface area contributed by atoms with Crippen molar-refractivity contribution in [3.05, 3.63) is 100 Å². The Morgan fingerprint density at radius 2 is 1.56 bits per heavy atom. The number of nitrogens with zero attached hydrogens (tertiary/aromatic N) is 1. The Labute approximate surface area is 293 Å². The second kappa shape index (κ2) is 15.1. The molecule has 10 nitrogen and oxygen atoms in total. The molecule has 0 fully saturated rings. The highest BCUT2D eigenvalue weighted by Gasteiger charge is 2.46. The van der Waals surface area contributed by atoms with Gasteiger partial charge in [0.2, 0.25) is 0 Å². The van der Waals surface area contributed by atoms with E-state index in [9.17, 15) is 30.0 Å². The van der Waals surface area contributed by atoms with E-state index < -0.39 is 36.1 Å². The molecular weight excluding hydrogens is 723 g/mol. The number of sulfone groups is 1. The van der Waals surface area contributed by atoms with Gasteiger partial charge in [-0.3, -0.25) is 4.55 Å². The van der Waals surface area contributed by atoms with E-state index in [-0.39, 0.29) is 48.4 Å². The van der Waals surface area contributed by atoms with E-state index in [0.717, 1.165) is 34.4 Å². The van der Waals surface area contributed by atoms with Crippen LogP contribution in [0.1, 0.15) is 22.3 Å². The second-order valence-corrected chi connectivity index (χ2v) is 15.5. The number of ether oxygens (including phenoxy) is 4. The van der Waals surface area contributed by atoms with Crippen LogP contribution in [0.15, 0.2) is 77.7 Å². The number of halogens is 4. The lowest BCUT2D eigenvalue weighted by Gasteiger charge is -2.21. The summed E-state index contributed by atoms with van der Waals surface area (Å²) in [6.07, 6.45) is 0. The van der Waals surface area contributed by atoms with Crippen LogP contribution in [0.4, 0.5) is 13.2 Å². The zero-order valence-corrected chi connectivity index (χ0v) is 29.3. The van der Waals surface area contributed by atoms with Gasteiger partial charge in [0.25, 0.3) is 20.0 Å². The Morgan fingerprint density at radius 3 is 2.28 bits per heavy atom. The molecule has 0 spiro atoms. The average molecular weight is 756 g/mol. The van der Waals surface area contributed by atoms with Crippen LogP contribution in [-0.4, -0.2) is 64.4 Å². The third-order valence-corrected chi connectivity index (χ3v) is 10.4. The molecule has 1 aliphatic heterocycles. The van der Waals surface area contributed by atoms with Gasteiger partial charge in [0.1, 0.15) is 37.9 Å². The summed E-state index contributed by atoms with van der Waals surface area (Å²) in [6, 6.07) is 18.9. The molecule has 0 aliphatic carbocycles. The van der Waals surface area contributed by atoms with Gasteiger partial charge in [-0.15, -0.1) is 0 Å². The number of benzene rings is 4. The molecule has 0 saturated carbocycles. The molecule has 0 atom stereocenters. The molecule has 1 heterocycles. The summed E-state index contributed by atoms with van der Waals surface area (Å²) in [6.45, 7) is 2.75. The molecule has 0 bridgehead atoms. The molecule has 0 aromatic heterocycles. The largest absolute Gasteiger partial charge is 0.501 e. The van der Waals surface area contributed by atoms with Gasteiger partial charge in [-0.05, 0) is 72.1 Å². The van der Waals surface area contributed by atoms with Crippen molar-refractivity contribution in [2.75, 3.05) is 32.6 Å². The number of hydrogen-bond donors (Lipinski definition) is 1. The van der Waals surface area contributed by atoms with E-state index in [2.05, 4.69) is 0 Å². The zero-order valence-electron chi connectivity index (χ0n) is 26.9. The first kappa shape index (κ1) is 37.2. The van der Waals surface area contributed by atoms with Gasteiger partial charge in [0.15, 0.2) is 11.5 Å². The maximum atomic E-state index is 13.2. The predicted molar refractivity (Wildman–Crippen MR) is 180 cm³/mol. The van der Waals surface area contributed by atoms with Crippen molar-refractivity contribution in [3.8, 4) is 34.1 Å². The molecule has 268 valence electrons. The Morgan fingerprint density at radius 1 is 0.860 bits per heavy atom. The molecule has 0 amide bonds. The molecule has 16 heteroatoms. The van der Waals surface area contributed by atoms with Crippen molar-refractivity contribution < 1.29 is 53.5 Å². The van der Waals surface area contributed by atoms with Crippen molar-refractivity contribution in [3.63, 3.8) is 0 Å². The third kappa shape index (κ3) is 9.01. The summed E-state index contributed by atoms with van der Waals surface area (Å²) in [5.41, 5.74) is -1.18.